The average molecular weight is 536 g/mol. The van der Waals surface area contributed by atoms with Crippen LogP contribution in [0.4, 0.5) is 0 Å². The maximum Gasteiger partial charge on any atom is 0.317 e. The Balaban J connectivity index is 2.90. The molecule has 0 saturated carbocycles. The Morgan fingerprint density at radius 3 is 1.51 bits per heavy atom. The highest BCUT2D eigenvalue weighted by Crippen LogP contribution is 2.05. The molecule has 0 amide bonds. The van der Waals surface area contributed by atoms with Crippen molar-refractivity contribution in [3.05, 3.63) is 0 Å². The quantitative estimate of drug-likeness (QED) is 0.123. The van der Waals surface area contributed by atoms with Gasteiger partial charge in [-0.2, -0.15) is 0 Å². The molecule has 1 saturated heterocycles. The molecule has 1 fully saturated rings. The zero-order valence-corrected chi connectivity index (χ0v) is 21.8. The van der Waals surface area contributed by atoms with Crippen molar-refractivity contribution >= 4 is 17.9 Å². The van der Waals surface area contributed by atoms with Gasteiger partial charge >= 0.3 is 17.9 Å². The first-order valence-corrected chi connectivity index (χ1v) is 12.7. The van der Waals surface area contributed by atoms with E-state index < -0.39 is 29.9 Å². The minimum atomic E-state index is -1.08. The molecule has 37 heavy (non-hydrogen) atoms. The summed E-state index contributed by atoms with van der Waals surface area (Å²) in [5.74, 6) is -3.50. The largest absolute Gasteiger partial charge is 0.480 e. The van der Waals surface area contributed by atoms with Crippen LogP contribution in [0.2, 0.25) is 0 Å². The van der Waals surface area contributed by atoms with Crippen LogP contribution in [0.25, 0.3) is 0 Å². The molecule has 0 aromatic heterocycles. The van der Waals surface area contributed by atoms with Crippen LogP contribution in [-0.2, 0) is 14.4 Å². The van der Waals surface area contributed by atoms with Gasteiger partial charge in [0.2, 0.25) is 0 Å². The van der Waals surface area contributed by atoms with Crippen LogP contribution in [0.1, 0.15) is 6.92 Å². The topological polar surface area (TPSA) is 189 Å². The fraction of sp³-hybridized carbons (Fsp3) is 0.870. The summed E-state index contributed by atoms with van der Waals surface area (Å²) < 4.78 is 0. The van der Waals surface area contributed by atoms with Crippen molar-refractivity contribution in [2.45, 2.75) is 13.0 Å². The third kappa shape index (κ3) is 15.2. The Labute approximate surface area is 218 Å². The molecule has 14 nitrogen and oxygen atoms in total. The van der Waals surface area contributed by atoms with Crippen LogP contribution in [0, 0.1) is 5.92 Å². The summed E-state index contributed by atoms with van der Waals surface area (Å²) in [6.07, 6.45) is -0.903. The van der Waals surface area contributed by atoms with Crippen molar-refractivity contribution in [2.24, 2.45) is 5.92 Å². The Kier molecular flexibility index (Phi) is 16.4. The van der Waals surface area contributed by atoms with Gasteiger partial charge in [0.15, 0.2) is 0 Å². The molecule has 0 bridgehead atoms. The number of nitrogens with zero attached hydrogens (tertiary/aromatic N) is 5. The first-order valence-electron chi connectivity index (χ1n) is 12.7. The van der Waals surface area contributed by atoms with Crippen molar-refractivity contribution in [3.8, 4) is 0 Å². The second-order valence-corrected chi connectivity index (χ2v) is 9.55. The Morgan fingerprint density at radius 2 is 1.14 bits per heavy atom. The maximum atomic E-state index is 11.4. The van der Waals surface area contributed by atoms with Gasteiger partial charge in [0.25, 0.3) is 0 Å². The Hall–Kier alpha value is -1.91. The number of carbonyl (C=O) groups is 3. The van der Waals surface area contributed by atoms with E-state index in [1.54, 1.807) is 4.90 Å². The van der Waals surface area contributed by atoms with Crippen LogP contribution in [-0.4, -0.2) is 191 Å². The minimum absolute atomic E-state index is 0.0414. The lowest BCUT2D eigenvalue weighted by molar-refractivity contribution is -0.140. The standard InChI is InChI=1S/C23H45N5O9/c1-2-24-3-5-25(12-20(31)13-28(16-23(36)37)11-19(17-29)18-30)7-8-27(15-22(34)35)10-9-26(6-4-24)14-21(32)33/h19-20,29-31H,2-18H2,1H3,(H,32,33)(H,34,35)(H,36,37). The molecule has 0 spiro atoms. The molecular formula is C23H45N5O9. The molecule has 1 unspecified atom stereocenters. The van der Waals surface area contributed by atoms with Gasteiger partial charge in [0, 0.05) is 91.1 Å². The predicted octanol–water partition coefficient (Wildman–Crippen LogP) is -3.25. The van der Waals surface area contributed by atoms with Gasteiger partial charge in [-0.1, -0.05) is 6.92 Å². The van der Waals surface area contributed by atoms with Crippen molar-refractivity contribution in [1.29, 1.82) is 0 Å². The minimum Gasteiger partial charge on any atom is -0.480 e. The molecule has 1 heterocycles. The smallest absolute Gasteiger partial charge is 0.317 e. The van der Waals surface area contributed by atoms with Crippen LogP contribution in [0.5, 0.6) is 0 Å². The molecule has 6 N–H and O–H groups in total. The highest BCUT2D eigenvalue weighted by Gasteiger charge is 2.23. The number of carboxylic acids is 3. The average Bonchev–Trinajstić information content (AvgIpc) is 2.81. The molecule has 14 heteroatoms. The number of β-amino-alcohol motifs (C(OH)–C–C–N with tert-alkyl or cyclic N) is 1. The molecular weight excluding hydrogens is 490 g/mol. The third-order valence-electron chi connectivity index (χ3n) is 6.42. The molecule has 1 atom stereocenters. The van der Waals surface area contributed by atoms with Crippen molar-refractivity contribution in [2.75, 3.05) is 111 Å². The number of likely N-dealkylation sites (N-methyl/N-ethyl adjacent to an activating group) is 1. The summed E-state index contributed by atoms with van der Waals surface area (Å²) in [5, 5.41) is 57.3. The zero-order valence-electron chi connectivity index (χ0n) is 21.8. The lowest BCUT2D eigenvalue weighted by Crippen LogP contribution is -2.50. The highest BCUT2D eigenvalue weighted by molar-refractivity contribution is 5.69. The molecule has 0 aromatic carbocycles. The van der Waals surface area contributed by atoms with Gasteiger partial charge in [-0.05, 0) is 6.54 Å². The predicted molar refractivity (Wildman–Crippen MR) is 134 cm³/mol. The fourth-order valence-electron chi connectivity index (χ4n) is 4.36. The normalized spacial score (nSPS) is 19.0. The van der Waals surface area contributed by atoms with Gasteiger partial charge in [-0.25, -0.2) is 0 Å². The number of rotatable bonds is 15. The number of hydrogen-bond donors (Lipinski definition) is 6. The van der Waals surface area contributed by atoms with Crippen LogP contribution >= 0.6 is 0 Å². The summed E-state index contributed by atoms with van der Waals surface area (Å²) in [4.78, 5) is 43.2. The number of aliphatic hydroxyl groups is 3. The van der Waals surface area contributed by atoms with E-state index in [2.05, 4.69) is 4.90 Å². The van der Waals surface area contributed by atoms with Gasteiger partial charge in [0.05, 0.1) is 25.7 Å². The second kappa shape index (κ2) is 18.4. The van der Waals surface area contributed by atoms with E-state index in [1.165, 1.54) is 4.90 Å². The van der Waals surface area contributed by atoms with Crippen LogP contribution in [0.15, 0.2) is 0 Å². The van der Waals surface area contributed by atoms with Crippen LogP contribution in [0.3, 0.4) is 0 Å². The van der Waals surface area contributed by atoms with Gasteiger partial charge in [0.1, 0.15) is 0 Å². The molecule has 0 aliphatic carbocycles. The summed E-state index contributed by atoms with van der Waals surface area (Å²) in [5.41, 5.74) is 0. The Morgan fingerprint density at radius 1 is 0.703 bits per heavy atom. The second-order valence-electron chi connectivity index (χ2n) is 9.55. The van der Waals surface area contributed by atoms with E-state index in [1.807, 2.05) is 16.7 Å². The molecule has 216 valence electrons. The fourth-order valence-corrected chi connectivity index (χ4v) is 4.36. The van der Waals surface area contributed by atoms with Crippen molar-refractivity contribution in [1.82, 2.24) is 24.5 Å². The zero-order chi connectivity index (χ0) is 27.8. The van der Waals surface area contributed by atoms with E-state index >= 15 is 0 Å². The molecule has 1 rings (SSSR count). The van der Waals surface area contributed by atoms with E-state index in [4.69, 9.17) is 0 Å². The number of aliphatic hydroxyl groups excluding tert-OH is 3. The molecule has 1 aliphatic rings. The third-order valence-corrected chi connectivity index (χ3v) is 6.42. The summed E-state index contributed by atoms with van der Waals surface area (Å²) >= 11 is 0. The maximum absolute atomic E-state index is 11.4. The summed E-state index contributed by atoms with van der Waals surface area (Å²) in [6, 6.07) is 0. The van der Waals surface area contributed by atoms with Crippen molar-refractivity contribution in [3.63, 3.8) is 0 Å². The van der Waals surface area contributed by atoms with Gasteiger partial charge < -0.3 is 35.5 Å². The van der Waals surface area contributed by atoms with E-state index in [0.29, 0.717) is 52.4 Å². The monoisotopic (exact) mass is 535 g/mol. The van der Waals surface area contributed by atoms with Crippen LogP contribution < -0.4 is 0 Å². The Bertz CT molecular complexity index is 683. The van der Waals surface area contributed by atoms with E-state index in [0.717, 1.165) is 6.54 Å². The first-order chi connectivity index (χ1) is 17.6. The number of aliphatic carboxylic acids is 3. The molecule has 1 aliphatic heterocycles. The first kappa shape index (κ1) is 33.1. The summed E-state index contributed by atoms with van der Waals surface area (Å²) in [7, 11) is 0. The highest BCUT2D eigenvalue weighted by atomic mass is 16.4. The lowest BCUT2D eigenvalue weighted by Gasteiger charge is -2.34. The summed E-state index contributed by atoms with van der Waals surface area (Å²) in [6.45, 7) is 6.05. The number of carboxylic acid groups (broad SMARTS) is 3. The van der Waals surface area contributed by atoms with E-state index in [9.17, 15) is 45.0 Å². The molecule has 0 radical (unpaired) electrons. The lowest BCUT2D eigenvalue weighted by atomic mass is 10.1. The van der Waals surface area contributed by atoms with Crippen molar-refractivity contribution < 1.29 is 45.0 Å². The molecule has 0 aromatic rings. The van der Waals surface area contributed by atoms with Gasteiger partial charge in [-0.15, -0.1) is 0 Å². The SMILES string of the molecule is CCN1CCN(CC(=O)O)CCN(CC(=O)O)CCN(CC(O)CN(CC(=O)O)CC(CO)CO)CC1. The van der Waals surface area contributed by atoms with E-state index in [-0.39, 0.29) is 52.5 Å². The number of hydrogen-bond acceptors (Lipinski definition) is 11. The van der Waals surface area contributed by atoms with Gasteiger partial charge in [-0.3, -0.25) is 34.0 Å².